The monoisotopic (exact) mass is 850 g/mol. The molecule has 2 heteroatoms. The van der Waals surface area contributed by atoms with Crippen molar-refractivity contribution in [3.63, 3.8) is 0 Å². The lowest BCUT2D eigenvalue weighted by Crippen LogP contribution is -2.26. The summed E-state index contributed by atoms with van der Waals surface area (Å²) in [6.07, 6.45) is 0. The SMILES string of the molecule is c1ccc(-c2cccc(N(c3ccc(-c4ccc5c6ccc7ccccc7c6n(-c6ccccc6)c5c4)cc3)c3ccc4c(c3)C3(c5ccccc5-c5ccccc53)c3ccccc3-4)c2)cc1. The molecule has 2 aliphatic carbocycles. The van der Waals surface area contributed by atoms with E-state index in [1.165, 1.54) is 99.3 Å². The van der Waals surface area contributed by atoms with E-state index in [0.29, 0.717) is 0 Å². The number of para-hydroxylation sites is 1. The van der Waals surface area contributed by atoms with Crippen LogP contribution in [0.3, 0.4) is 0 Å². The Kier molecular flexibility index (Phi) is 8.23. The third-order valence-corrected chi connectivity index (χ3v) is 14.6. The number of hydrogen-bond donors (Lipinski definition) is 0. The lowest BCUT2D eigenvalue weighted by Gasteiger charge is -2.32. The first kappa shape index (κ1) is 37.6. The van der Waals surface area contributed by atoms with E-state index >= 15 is 0 Å². The van der Waals surface area contributed by atoms with Gasteiger partial charge in [0.2, 0.25) is 0 Å². The van der Waals surface area contributed by atoms with E-state index in [1.54, 1.807) is 0 Å². The molecule has 2 aliphatic rings. The molecule has 0 fully saturated rings. The first-order chi connectivity index (χ1) is 33.2. The highest BCUT2D eigenvalue weighted by Gasteiger charge is 2.51. The van der Waals surface area contributed by atoms with Crippen molar-refractivity contribution in [1.82, 2.24) is 4.57 Å². The quantitative estimate of drug-likeness (QED) is 0.162. The average Bonchev–Trinajstić information content (AvgIpc) is 4.01. The van der Waals surface area contributed by atoms with Gasteiger partial charge < -0.3 is 9.47 Å². The van der Waals surface area contributed by atoms with E-state index in [2.05, 4.69) is 264 Å². The first-order valence-electron chi connectivity index (χ1n) is 23.3. The maximum atomic E-state index is 2.48. The van der Waals surface area contributed by atoms with Crippen LogP contribution in [-0.2, 0) is 5.41 Å². The molecule has 0 unspecified atom stereocenters. The molecule has 0 saturated heterocycles. The maximum absolute atomic E-state index is 2.48. The zero-order valence-corrected chi connectivity index (χ0v) is 36.6. The first-order valence-corrected chi connectivity index (χ1v) is 23.3. The number of aromatic nitrogens is 1. The van der Waals surface area contributed by atoms with Crippen LogP contribution in [0.5, 0.6) is 0 Å². The Morgan fingerprint density at radius 3 is 1.54 bits per heavy atom. The standard InChI is InChI=1S/C65H42N2/c1-3-16-43(17-4-1)46-19-15-22-50(40-46)66(51-36-39-56-55-26-11-14-29-61(55)65(62(56)42-51)59-27-12-9-24-53(59)54-25-10-13-28-60(54)65)49-34-30-44(31-35-49)47-33-37-57-58-38-32-45-18-7-8-23-52(45)64(58)67(63(57)41-47)48-20-5-2-6-21-48/h1-42H. The smallest absolute Gasteiger partial charge is 0.0726 e. The van der Waals surface area contributed by atoms with Gasteiger partial charge in [0.05, 0.1) is 16.4 Å². The van der Waals surface area contributed by atoms with Gasteiger partial charge in [0, 0.05) is 38.9 Å². The van der Waals surface area contributed by atoms with E-state index in [1.807, 2.05) is 0 Å². The molecular weight excluding hydrogens is 809 g/mol. The third-order valence-electron chi connectivity index (χ3n) is 14.6. The fraction of sp³-hybridized carbons (Fsp3) is 0.0154. The molecule has 11 aromatic carbocycles. The Bertz CT molecular complexity index is 3850. The van der Waals surface area contributed by atoms with Crippen LogP contribution in [0.2, 0.25) is 0 Å². The number of fused-ring (bicyclic) bond motifs is 15. The van der Waals surface area contributed by atoms with Gasteiger partial charge in [0.15, 0.2) is 0 Å². The maximum Gasteiger partial charge on any atom is 0.0726 e. The second-order valence-electron chi connectivity index (χ2n) is 18.0. The van der Waals surface area contributed by atoms with Crippen molar-refractivity contribution >= 4 is 49.6 Å². The van der Waals surface area contributed by atoms with E-state index in [9.17, 15) is 0 Å². The van der Waals surface area contributed by atoms with E-state index in [0.717, 1.165) is 22.7 Å². The molecule has 2 nitrogen and oxygen atoms in total. The van der Waals surface area contributed by atoms with E-state index in [4.69, 9.17) is 0 Å². The lowest BCUT2D eigenvalue weighted by atomic mass is 9.70. The second kappa shape index (κ2) is 14.7. The molecule has 0 aliphatic heterocycles. The van der Waals surface area contributed by atoms with Crippen LogP contribution >= 0.6 is 0 Å². The normalized spacial score (nSPS) is 12.9. The van der Waals surface area contributed by atoms with Gasteiger partial charge in [-0.1, -0.05) is 200 Å². The van der Waals surface area contributed by atoms with Crippen LogP contribution in [-0.4, -0.2) is 4.57 Å². The number of benzene rings is 11. The molecule has 12 aromatic rings. The Labute approximate surface area is 389 Å². The second-order valence-corrected chi connectivity index (χ2v) is 18.0. The van der Waals surface area contributed by atoms with Crippen LogP contribution in [0, 0.1) is 0 Å². The Morgan fingerprint density at radius 2 is 0.821 bits per heavy atom. The van der Waals surface area contributed by atoms with E-state index < -0.39 is 5.41 Å². The molecule has 1 spiro atoms. The van der Waals surface area contributed by atoms with Crippen molar-refractivity contribution in [1.29, 1.82) is 0 Å². The van der Waals surface area contributed by atoms with Gasteiger partial charge >= 0.3 is 0 Å². The molecule has 1 aromatic heterocycles. The fourth-order valence-corrected chi connectivity index (χ4v) is 11.7. The Hall–Kier alpha value is -8.72. The van der Waals surface area contributed by atoms with Gasteiger partial charge in [-0.15, -0.1) is 0 Å². The van der Waals surface area contributed by atoms with Gasteiger partial charge in [0.1, 0.15) is 0 Å². The molecule has 0 radical (unpaired) electrons. The summed E-state index contributed by atoms with van der Waals surface area (Å²) in [6.45, 7) is 0. The highest BCUT2D eigenvalue weighted by molar-refractivity contribution is 6.19. The van der Waals surface area contributed by atoms with Crippen LogP contribution < -0.4 is 4.90 Å². The van der Waals surface area contributed by atoms with Crippen LogP contribution in [0.15, 0.2) is 255 Å². The molecule has 0 bridgehead atoms. The van der Waals surface area contributed by atoms with Gasteiger partial charge in [-0.05, 0) is 127 Å². The van der Waals surface area contributed by atoms with Crippen LogP contribution in [0.1, 0.15) is 22.3 Å². The Morgan fingerprint density at radius 1 is 0.299 bits per heavy atom. The highest BCUT2D eigenvalue weighted by atomic mass is 15.1. The predicted octanol–water partition coefficient (Wildman–Crippen LogP) is 17.1. The minimum absolute atomic E-state index is 0.441. The van der Waals surface area contributed by atoms with Crippen LogP contribution in [0.4, 0.5) is 17.1 Å². The zero-order valence-electron chi connectivity index (χ0n) is 36.6. The summed E-state index contributed by atoms with van der Waals surface area (Å²) < 4.78 is 2.45. The third kappa shape index (κ3) is 5.51. The number of rotatable bonds is 6. The Balaban J connectivity index is 0.948. The number of nitrogens with zero attached hydrogens (tertiary/aromatic N) is 2. The van der Waals surface area contributed by atoms with E-state index in [-0.39, 0.29) is 0 Å². The highest BCUT2D eigenvalue weighted by Crippen LogP contribution is 2.63. The largest absolute Gasteiger partial charge is 0.310 e. The molecule has 67 heavy (non-hydrogen) atoms. The van der Waals surface area contributed by atoms with Gasteiger partial charge in [-0.2, -0.15) is 0 Å². The minimum atomic E-state index is -0.441. The summed E-state index contributed by atoms with van der Waals surface area (Å²) in [5.74, 6) is 0. The van der Waals surface area contributed by atoms with Gasteiger partial charge in [0.25, 0.3) is 0 Å². The van der Waals surface area contributed by atoms with Crippen molar-refractivity contribution < 1.29 is 0 Å². The summed E-state index contributed by atoms with van der Waals surface area (Å²) in [6, 6.07) is 94.3. The van der Waals surface area contributed by atoms with Gasteiger partial charge in [-0.25, -0.2) is 0 Å². The van der Waals surface area contributed by atoms with Crippen molar-refractivity contribution in [2.75, 3.05) is 4.90 Å². The predicted molar refractivity (Wildman–Crippen MR) is 280 cm³/mol. The van der Waals surface area contributed by atoms with Crippen molar-refractivity contribution in [3.05, 3.63) is 277 Å². The summed E-state index contributed by atoms with van der Waals surface area (Å²) >= 11 is 0. The van der Waals surface area contributed by atoms with Crippen molar-refractivity contribution in [2.45, 2.75) is 5.41 Å². The van der Waals surface area contributed by atoms with Crippen molar-refractivity contribution in [2.24, 2.45) is 0 Å². The zero-order chi connectivity index (χ0) is 44.1. The van der Waals surface area contributed by atoms with Crippen LogP contribution in [0.25, 0.3) is 82.8 Å². The molecule has 1 heterocycles. The average molecular weight is 851 g/mol. The molecule has 0 atom stereocenters. The molecule has 0 amide bonds. The fourth-order valence-electron chi connectivity index (χ4n) is 11.7. The topological polar surface area (TPSA) is 8.17 Å². The van der Waals surface area contributed by atoms with Crippen molar-refractivity contribution in [3.8, 4) is 50.2 Å². The molecule has 14 rings (SSSR count). The molecule has 0 saturated carbocycles. The van der Waals surface area contributed by atoms with Gasteiger partial charge in [-0.3, -0.25) is 0 Å². The lowest BCUT2D eigenvalue weighted by molar-refractivity contribution is 0.793. The summed E-state index contributed by atoms with van der Waals surface area (Å²) in [4.78, 5) is 2.45. The summed E-state index contributed by atoms with van der Waals surface area (Å²) in [5, 5.41) is 5.01. The molecule has 0 N–H and O–H groups in total. The minimum Gasteiger partial charge on any atom is -0.310 e. The molecule has 312 valence electrons. The summed E-state index contributed by atoms with van der Waals surface area (Å²) in [5.41, 5.74) is 21.7. The number of hydrogen-bond acceptors (Lipinski definition) is 1. The number of anilines is 3. The molecular formula is C65H42N2. The summed E-state index contributed by atoms with van der Waals surface area (Å²) in [7, 11) is 0.